The number of allylic oxidation sites excluding steroid dienone is 3. The average Bonchev–Trinajstić information content (AvgIpc) is 2.70. The fourth-order valence-corrected chi connectivity index (χ4v) is 2.96. The number of nitrogens with zero attached hydrogens (tertiary/aromatic N) is 1. The van der Waals surface area contributed by atoms with Crippen LogP contribution >= 0.6 is 0 Å². The highest BCUT2D eigenvalue weighted by Crippen LogP contribution is 2.28. The molecule has 0 saturated heterocycles. The molecule has 1 aliphatic rings. The first-order valence-electron chi connectivity index (χ1n) is 9.30. The lowest BCUT2D eigenvalue weighted by atomic mass is 10.0. The van der Waals surface area contributed by atoms with Gasteiger partial charge in [0.05, 0.1) is 5.69 Å². The molecule has 0 fully saturated rings. The van der Waals surface area contributed by atoms with Crippen LogP contribution in [0, 0.1) is 19.3 Å². The van der Waals surface area contributed by atoms with Crippen molar-refractivity contribution in [3.05, 3.63) is 95.3 Å². The maximum Gasteiger partial charge on any atom is 0.0502 e. The summed E-state index contributed by atoms with van der Waals surface area (Å²) in [6.45, 7) is 11.1. The second kappa shape index (κ2) is 9.50. The van der Waals surface area contributed by atoms with Crippen molar-refractivity contribution < 1.29 is 0 Å². The molecule has 0 aliphatic carbocycles. The van der Waals surface area contributed by atoms with E-state index in [1.54, 1.807) is 0 Å². The molecule has 0 radical (unpaired) electrons. The predicted molar refractivity (Wildman–Crippen MR) is 118 cm³/mol. The first-order chi connectivity index (χ1) is 13.1. The molecule has 1 heterocycles. The zero-order valence-electron chi connectivity index (χ0n) is 16.7. The van der Waals surface area contributed by atoms with E-state index >= 15 is 0 Å². The van der Waals surface area contributed by atoms with Gasteiger partial charge >= 0.3 is 0 Å². The molecule has 2 nitrogen and oxygen atoms in total. The van der Waals surface area contributed by atoms with E-state index in [4.69, 9.17) is 6.42 Å². The van der Waals surface area contributed by atoms with Crippen molar-refractivity contribution in [2.75, 3.05) is 12.4 Å². The Kier molecular flexibility index (Phi) is 7.08. The minimum Gasteiger partial charge on any atom is -0.387 e. The zero-order chi connectivity index (χ0) is 19.8. The smallest absolute Gasteiger partial charge is 0.0502 e. The van der Waals surface area contributed by atoms with Crippen molar-refractivity contribution in [1.82, 2.24) is 4.90 Å². The maximum atomic E-state index is 5.55. The van der Waals surface area contributed by atoms with Crippen LogP contribution in [-0.2, 0) is 6.54 Å². The molecule has 138 valence electrons. The molecule has 27 heavy (non-hydrogen) atoms. The molecule has 2 aromatic carbocycles. The van der Waals surface area contributed by atoms with Crippen LogP contribution in [0.4, 0.5) is 5.69 Å². The van der Waals surface area contributed by atoms with Gasteiger partial charge in [0.15, 0.2) is 0 Å². The summed E-state index contributed by atoms with van der Waals surface area (Å²) < 4.78 is 0. The minimum atomic E-state index is 0.801. The van der Waals surface area contributed by atoms with Gasteiger partial charge in [0, 0.05) is 31.1 Å². The third kappa shape index (κ3) is 4.92. The quantitative estimate of drug-likeness (QED) is 0.679. The molecule has 0 unspecified atom stereocenters. The van der Waals surface area contributed by atoms with Crippen LogP contribution in [0.15, 0.2) is 73.1 Å². The van der Waals surface area contributed by atoms with Crippen LogP contribution in [0.1, 0.15) is 36.1 Å². The number of hydrogen-bond acceptors (Lipinski definition) is 2. The molecule has 0 saturated carbocycles. The van der Waals surface area contributed by atoms with Crippen molar-refractivity contribution in [1.29, 1.82) is 0 Å². The van der Waals surface area contributed by atoms with E-state index in [1.807, 2.05) is 27.0 Å². The fraction of sp³-hybridized carbons (Fsp3) is 0.200. The van der Waals surface area contributed by atoms with Gasteiger partial charge in [-0.25, -0.2) is 0 Å². The molecule has 3 rings (SSSR count). The van der Waals surface area contributed by atoms with E-state index in [9.17, 15) is 0 Å². The summed E-state index contributed by atoms with van der Waals surface area (Å²) in [4.78, 5) is 2.18. The SMILES string of the molecule is C#Cc1ccc(C2=CN(Cc3cccc(C)c3)C(=C)C=C2)cc1NC.CC. The topological polar surface area (TPSA) is 15.3 Å². The average molecular weight is 357 g/mol. The fourth-order valence-electron chi connectivity index (χ4n) is 2.96. The molecule has 0 aromatic heterocycles. The third-order valence-corrected chi connectivity index (χ3v) is 4.33. The summed E-state index contributed by atoms with van der Waals surface area (Å²) in [5.74, 6) is 2.71. The largest absolute Gasteiger partial charge is 0.387 e. The lowest BCUT2D eigenvalue weighted by molar-refractivity contribution is 0.474. The van der Waals surface area contributed by atoms with Gasteiger partial charge in [0.2, 0.25) is 0 Å². The number of rotatable bonds is 4. The van der Waals surface area contributed by atoms with Crippen molar-refractivity contribution in [2.45, 2.75) is 27.3 Å². The monoisotopic (exact) mass is 356 g/mol. The number of nitrogens with one attached hydrogen (secondary N) is 1. The van der Waals surface area contributed by atoms with Crippen LogP contribution in [0.5, 0.6) is 0 Å². The van der Waals surface area contributed by atoms with Gasteiger partial charge in [0.1, 0.15) is 0 Å². The lowest BCUT2D eigenvalue weighted by Gasteiger charge is -2.26. The first kappa shape index (κ1) is 20.1. The molecule has 0 bridgehead atoms. The Morgan fingerprint density at radius 2 is 1.89 bits per heavy atom. The molecule has 0 atom stereocenters. The Balaban J connectivity index is 0.00000126. The minimum absolute atomic E-state index is 0.801. The summed E-state index contributed by atoms with van der Waals surface area (Å²) >= 11 is 0. The number of benzene rings is 2. The molecular weight excluding hydrogens is 328 g/mol. The highest BCUT2D eigenvalue weighted by atomic mass is 15.1. The molecule has 1 N–H and O–H groups in total. The summed E-state index contributed by atoms with van der Waals surface area (Å²) in [6, 6.07) is 14.7. The van der Waals surface area contributed by atoms with Gasteiger partial charge in [-0.3, -0.25) is 0 Å². The van der Waals surface area contributed by atoms with E-state index in [0.717, 1.165) is 34.6 Å². The van der Waals surface area contributed by atoms with Crippen LogP contribution in [0.3, 0.4) is 0 Å². The highest BCUT2D eigenvalue weighted by Gasteiger charge is 2.12. The predicted octanol–water partition coefficient (Wildman–Crippen LogP) is 5.97. The van der Waals surface area contributed by atoms with Crippen LogP contribution < -0.4 is 5.32 Å². The Morgan fingerprint density at radius 1 is 1.11 bits per heavy atom. The summed E-state index contributed by atoms with van der Waals surface area (Å²) in [6.07, 6.45) is 11.9. The molecule has 2 aromatic rings. The van der Waals surface area contributed by atoms with E-state index in [-0.39, 0.29) is 0 Å². The van der Waals surface area contributed by atoms with E-state index in [0.29, 0.717) is 0 Å². The van der Waals surface area contributed by atoms with Gasteiger partial charge in [-0.15, -0.1) is 6.42 Å². The second-order valence-electron chi connectivity index (χ2n) is 6.18. The number of anilines is 1. The number of terminal acetylenes is 1. The van der Waals surface area contributed by atoms with Gasteiger partial charge in [-0.2, -0.15) is 0 Å². The Hall–Kier alpha value is -3.18. The first-order valence-corrected chi connectivity index (χ1v) is 9.30. The van der Waals surface area contributed by atoms with E-state index in [1.165, 1.54) is 11.1 Å². The van der Waals surface area contributed by atoms with Crippen molar-refractivity contribution in [3.63, 3.8) is 0 Å². The molecule has 0 amide bonds. The van der Waals surface area contributed by atoms with Gasteiger partial charge < -0.3 is 10.2 Å². The molecule has 1 aliphatic heterocycles. The van der Waals surface area contributed by atoms with Crippen molar-refractivity contribution >= 4 is 11.3 Å². The van der Waals surface area contributed by atoms with Crippen LogP contribution in [0.25, 0.3) is 5.57 Å². The maximum absolute atomic E-state index is 5.55. The Labute approximate surface area is 163 Å². The van der Waals surface area contributed by atoms with Crippen LogP contribution in [0.2, 0.25) is 0 Å². The van der Waals surface area contributed by atoms with Crippen LogP contribution in [-0.4, -0.2) is 11.9 Å². The van der Waals surface area contributed by atoms with Gasteiger partial charge in [0.25, 0.3) is 0 Å². The Bertz CT molecular complexity index is 910. The summed E-state index contributed by atoms with van der Waals surface area (Å²) in [7, 11) is 1.89. The number of hydrogen-bond donors (Lipinski definition) is 1. The van der Waals surface area contributed by atoms with Crippen molar-refractivity contribution in [3.8, 4) is 12.3 Å². The lowest BCUT2D eigenvalue weighted by Crippen LogP contribution is -2.17. The van der Waals surface area contributed by atoms with Gasteiger partial charge in [-0.1, -0.05) is 68.3 Å². The third-order valence-electron chi connectivity index (χ3n) is 4.33. The van der Waals surface area contributed by atoms with Gasteiger partial charge in [-0.05, 0) is 41.8 Å². The molecular formula is C25H28N2. The normalized spacial score (nSPS) is 12.6. The number of aryl methyl sites for hydroxylation is 1. The summed E-state index contributed by atoms with van der Waals surface area (Å²) in [5, 5.41) is 3.17. The van der Waals surface area contributed by atoms with Crippen molar-refractivity contribution in [2.24, 2.45) is 0 Å². The van der Waals surface area contributed by atoms with E-state index < -0.39 is 0 Å². The molecule has 2 heteroatoms. The molecule has 0 spiro atoms. The standard InChI is InChI=1S/C23H22N2.C2H6/c1-5-20-11-12-21(14-23(20)24-4)22-10-9-18(3)25(16-22)15-19-8-6-7-17(2)13-19;1-2/h1,6-14,16,24H,3,15H2,2,4H3;1-2H3. The van der Waals surface area contributed by atoms with E-state index in [2.05, 4.69) is 84.4 Å². The zero-order valence-corrected chi connectivity index (χ0v) is 16.7. The summed E-state index contributed by atoms with van der Waals surface area (Å²) in [5.41, 5.74) is 7.62. The second-order valence-corrected chi connectivity index (χ2v) is 6.18. The highest BCUT2D eigenvalue weighted by molar-refractivity contribution is 5.79. The Morgan fingerprint density at radius 3 is 2.56 bits per heavy atom.